The molecule has 2 aliphatic rings. The lowest BCUT2D eigenvalue weighted by atomic mass is 9.85. The van der Waals surface area contributed by atoms with Crippen LogP contribution >= 0.6 is 0 Å². The fraction of sp³-hybridized carbons (Fsp3) is 0.444. The van der Waals surface area contributed by atoms with Crippen molar-refractivity contribution in [1.82, 2.24) is 9.88 Å². The maximum atomic E-state index is 12.3. The van der Waals surface area contributed by atoms with Gasteiger partial charge in [0.05, 0.1) is 11.8 Å². The number of aryl methyl sites for hydroxylation is 2. The minimum atomic E-state index is -0.758. The standard InChI is InChI=1S/C18H20N2O5/c1-10-7-14(11(2)19-10)15(21)9-25-16(22)8-20-17(23)12-5-3-4-6-13(12)18(20)24/h3-4,7,12-13,19H,5-6,8-9H2,1-2H3/t12-,13-/m1/s1. The van der Waals surface area contributed by atoms with Crippen molar-refractivity contribution in [2.24, 2.45) is 11.8 Å². The fourth-order valence-electron chi connectivity index (χ4n) is 3.44. The summed E-state index contributed by atoms with van der Waals surface area (Å²) in [5, 5.41) is 0. The van der Waals surface area contributed by atoms with E-state index in [4.69, 9.17) is 4.74 Å². The van der Waals surface area contributed by atoms with E-state index in [1.54, 1.807) is 13.0 Å². The Hall–Kier alpha value is -2.70. The third-order valence-electron chi connectivity index (χ3n) is 4.70. The maximum absolute atomic E-state index is 12.3. The minimum absolute atomic E-state index is 0.327. The van der Waals surface area contributed by atoms with Gasteiger partial charge in [-0.05, 0) is 32.8 Å². The molecule has 1 aliphatic heterocycles. The number of ether oxygens (including phenoxy) is 1. The van der Waals surface area contributed by atoms with Gasteiger partial charge in [-0.2, -0.15) is 0 Å². The molecular formula is C18H20N2O5. The number of Topliss-reactive ketones (excluding diaryl/α,β-unsaturated/α-hetero) is 1. The number of imide groups is 1. The van der Waals surface area contributed by atoms with E-state index in [0.717, 1.165) is 10.6 Å². The van der Waals surface area contributed by atoms with Gasteiger partial charge in [-0.25, -0.2) is 0 Å². The molecule has 0 spiro atoms. The number of esters is 1. The lowest BCUT2D eigenvalue weighted by molar-refractivity contribution is -0.152. The van der Waals surface area contributed by atoms with Crippen LogP contribution in [0.5, 0.6) is 0 Å². The van der Waals surface area contributed by atoms with E-state index in [2.05, 4.69) is 4.98 Å². The summed E-state index contributed by atoms with van der Waals surface area (Å²) >= 11 is 0. The molecule has 1 saturated heterocycles. The lowest BCUT2D eigenvalue weighted by Gasteiger charge is -2.14. The maximum Gasteiger partial charge on any atom is 0.326 e. The van der Waals surface area contributed by atoms with E-state index in [1.807, 2.05) is 19.1 Å². The molecule has 2 amide bonds. The number of hydrogen-bond donors (Lipinski definition) is 1. The smallest absolute Gasteiger partial charge is 0.326 e. The van der Waals surface area contributed by atoms with Crippen LogP contribution in [0.3, 0.4) is 0 Å². The Labute approximate surface area is 145 Å². The highest BCUT2D eigenvalue weighted by Crippen LogP contribution is 2.34. The number of nitrogens with one attached hydrogen (secondary N) is 1. The summed E-state index contributed by atoms with van der Waals surface area (Å²) in [5.41, 5.74) is 2.02. The zero-order valence-corrected chi connectivity index (χ0v) is 14.2. The van der Waals surface area contributed by atoms with Gasteiger partial charge < -0.3 is 9.72 Å². The monoisotopic (exact) mass is 344 g/mol. The molecule has 0 aromatic carbocycles. The first kappa shape index (κ1) is 17.1. The number of rotatable bonds is 5. The molecule has 1 fully saturated rings. The molecule has 132 valence electrons. The molecule has 0 radical (unpaired) electrons. The number of aromatic amines is 1. The van der Waals surface area contributed by atoms with Crippen molar-refractivity contribution in [3.63, 3.8) is 0 Å². The first-order valence-electron chi connectivity index (χ1n) is 8.23. The van der Waals surface area contributed by atoms with Crippen LogP contribution in [0.25, 0.3) is 0 Å². The summed E-state index contributed by atoms with van der Waals surface area (Å²) in [4.78, 5) is 52.6. The van der Waals surface area contributed by atoms with Gasteiger partial charge in [-0.15, -0.1) is 0 Å². The summed E-state index contributed by atoms with van der Waals surface area (Å²) in [6.07, 6.45) is 4.80. The average Bonchev–Trinajstić information content (AvgIpc) is 3.05. The van der Waals surface area contributed by atoms with Gasteiger partial charge in [-0.1, -0.05) is 12.2 Å². The summed E-state index contributed by atoms with van der Waals surface area (Å²) in [5.74, 6) is -2.51. The van der Waals surface area contributed by atoms with Crippen LogP contribution in [0.4, 0.5) is 0 Å². The third kappa shape index (κ3) is 3.26. The minimum Gasteiger partial charge on any atom is -0.456 e. The summed E-state index contributed by atoms with van der Waals surface area (Å²) in [6.45, 7) is 2.73. The Morgan fingerprint density at radius 2 is 1.76 bits per heavy atom. The molecular weight excluding hydrogens is 324 g/mol. The number of aromatic nitrogens is 1. The van der Waals surface area contributed by atoms with E-state index in [0.29, 0.717) is 24.1 Å². The molecule has 0 saturated carbocycles. The second-order valence-corrected chi connectivity index (χ2v) is 6.49. The van der Waals surface area contributed by atoms with Crippen LogP contribution in [0.1, 0.15) is 34.6 Å². The van der Waals surface area contributed by atoms with Crippen molar-refractivity contribution in [3.05, 3.63) is 35.2 Å². The van der Waals surface area contributed by atoms with Crippen LogP contribution in [-0.2, 0) is 19.1 Å². The van der Waals surface area contributed by atoms with Gasteiger partial charge in [0.25, 0.3) is 0 Å². The number of ketones is 1. The van der Waals surface area contributed by atoms with Crippen LogP contribution in [-0.4, -0.2) is 46.6 Å². The Bertz CT molecular complexity index is 750. The summed E-state index contributed by atoms with van der Waals surface area (Å²) < 4.78 is 4.97. The molecule has 2 heterocycles. The third-order valence-corrected chi connectivity index (χ3v) is 4.70. The number of H-pyrrole nitrogens is 1. The van der Waals surface area contributed by atoms with Crippen LogP contribution < -0.4 is 0 Å². The Morgan fingerprint density at radius 1 is 1.16 bits per heavy atom. The first-order valence-corrected chi connectivity index (χ1v) is 8.23. The average molecular weight is 344 g/mol. The second-order valence-electron chi connectivity index (χ2n) is 6.49. The SMILES string of the molecule is Cc1cc(C(=O)COC(=O)CN2C(=O)[C@@H]3CC=CC[C@H]3C2=O)c(C)[nH]1. The van der Waals surface area contributed by atoms with E-state index < -0.39 is 19.1 Å². The predicted octanol–water partition coefficient (Wildman–Crippen LogP) is 1.31. The van der Waals surface area contributed by atoms with Crippen molar-refractivity contribution in [2.75, 3.05) is 13.2 Å². The molecule has 7 heteroatoms. The van der Waals surface area contributed by atoms with Crippen LogP contribution in [0, 0.1) is 25.7 Å². The highest BCUT2D eigenvalue weighted by molar-refractivity contribution is 6.07. The van der Waals surface area contributed by atoms with Crippen molar-refractivity contribution >= 4 is 23.6 Å². The van der Waals surface area contributed by atoms with E-state index >= 15 is 0 Å². The topological polar surface area (TPSA) is 96.5 Å². The van der Waals surface area contributed by atoms with Gasteiger partial charge in [-0.3, -0.25) is 24.1 Å². The van der Waals surface area contributed by atoms with Crippen molar-refractivity contribution in [3.8, 4) is 0 Å². The number of amides is 2. The molecule has 1 N–H and O–H groups in total. The van der Waals surface area contributed by atoms with Crippen molar-refractivity contribution in [1.29, 1.82) is 0 Å². The van der Waals surface area contributed by atoms with Crippen molar-refractivity contribution in [2.45, 2.75) is 26.7 Å². The second kappa shape index (κ2) is 6.66. The number of carbonyl (C=O) groups excluding carboxylic acids is 4. The molecule has 7 nitrogen and oxygen atoms in total. The fourth-order valence-corrected chi connectivity index (χ4v) is 3.44. The largest absolute Gasteiger partial charge is 0.456 e. The predicted molar refractivity (Wildman–Crippen MR) is 87.6 cm³/mol. The summed E-state index contributed by atoms with van der Waals surface area (Å²) in [6, 6.07) is 1.69. The van der Waals surface area contributed by atoms with Gasteiger partial charge in [0.1, 0.15) is 6.54 Å². The molecule has 2 atom stereocenters. The quantitative estimate of drug-likeness (QED) is 0.376. The molecule has 0 unspecified atom stereocenters. The van der Waals surface area contributed by atoms with Crippen LogP contribution in [0.15, 0.2) is 18.2 Å². The van der Waals surface area contributed by atoms with E-state index in [-0.39, 0.29) is 29.4 Å². The molecule has 0 bridgehead atoms. The van der Waals surface area contributed by atoms with Gasteiger partial charge in [0.2, 0.25) is 17.6 Å². The van der Waals surface area contributed by atoms with Gasteiger partial charge in [0.15, 0.2) is 6.61 Å². The van der Waals surface area contributed by atoms with Gasteiger partial charge >= 0.3 is 5.97 Å². The molecule has 25 heavy (non-hydrogen) atoms. The first-order chi connectivity index (χ1) is 11.9. The number of carbonyl (C=O) groups is 4. The zero-order chi connectivity index (χ0) is 18.1. The van der Waals surface area contributed by atoms with Crippen LogP contribution in [0.2, 0.25) is 0 Å². The Morgan fingerprint density at radius 3 is 2.28 bits per heavy atom. The number of allylic oxidation sites excluding steroid dienone is 2. The highest BCUT2D eigenvalue weighted by atomic mass is 16.5. The molecule has 1 aromatic heterocycles. The Balaban J connectivity index is 1.56. The van der Waals surface area contributed by atoms with E-state index in [9.17, 15) is 19.2 Å². The molecule has 3 rings (SSSR count). The highest BCUT2D eigenvalue weighted by Gasteiger charge is 2.47. The molecule has 1 aromatic rings. The number of nitrogens with zero attached hydrogens (tertiary/aromatic N) is 1. The summed E-state index contributed by atoms with van der Waals surface area (Å²) in [7, 11) is 0. The zero-order valence-electron chi connectivity index (χ0n) is 14.2. The number of fused-ring (bicyclic) bond motifs is 1. The number of likely N-dealkylation sites (tertiary alicyclic amines) is 1. The number of hydrogen-bond acceptors (Lipinski definition) is 5. The van der Waals surface area contributed by atoms with E-state index in [1.165, 1.54) is 0 Å². The Kier molecular flexibility index (Phi) is 4.57. The molecule has 1 aliphatic carbocycles. The lowest BCUT2D eigenvalue weighted by Crippen LogP contribution is -2.37. The van der Waals surface area contributed by atoms with Gasteiger partial charge in [0, 0.05) is 17.0 Å². The normalized spacial score (nSPS) is 22.2. The van der Waals surface area contributed by atoms with Crippen molar-refractivity contribution < 1.29 is 23.9 Å².